The average Bonchev–Trinajstić information content (AvgIpc) is 2.43. The van der Waals surface area contributed by atoms with Crippen LogP contribution in [-0.2, 0) is 11.8 Å². The first-order chi connectivity index (χ1) is 9.43. The first-order valence-electron chi connectivity index (χ1n) is 6.67. The Bertz CT molecular complexity index is 561. The van der Waals surface area contributed by atoms with Crippen molar-refractivity contribution < 1.29 is 4.39 Å². The molecule has 20 heavy (non-hydrogen) atoms. The highest BCUT2D eigenvalue weighted by Crippen LogP contribution is 2.30. The van der Waals surface area contributed by atoms with Crippen molar-refractivity contribution >= 4 is 11.6 Å². The molecule has 106 valence electrons. The fourth-order valence-electron chi connectivity index (χ4n) is 2.28. The number of rotatable bonds is 4. The maximum absolute atomic E-state index is 13.9. The molecule has 1 atom stereocenters. The van der Waals surface area contributed by atoms with Crippen LogP contribution in [0.2, 0.25) is 5.02 Å². The second kappa shape index (κ2) is 5.94. The molecule has 0 aliphatic heterocycles. The fourth-order valence-corrected chi connectivity index (χ4v) is 2.52. The summed E-state index contributed by atoms with van der Waals surface area (Å²) in [6.45, 7) is 4.14. The van der Waals surface area contributed by atoms with E-state index in [1.165, 1.54) is 6.07 Å². The van der Waals surface area contributed by atoms with Gasteiger partial charge in [-0.1, -0.05) is 61.8 Å². The molecule has 0 saturated heterocycles. The molecule has 1 unspecified atom stereocenters. The lowest BCUT2D eigenvalue weighted by Crippen LogP contribution is -2.42. The van der Waals surface area contributed by atoms with Gasteiger partial charge in [0.05, 0.1) is 0 Å². The fraction of sp³-hybridized carbons (Fsp3) is 0.294. The van der Waals surface area contributed by atoms with E-state index < -0.39 is 0 Å². The third-order valence-corrected chi connectivity index (χ3v) is 4.28. The van der Waals surface area contributed by atoms with E-state index in [1.807, 2.05) is 30.3 Å². The summed E-state index contributed by atoms with van der Waals surface area (Å²) in [5.41, 5.74) is 7.70. The topological polar surface area (TPSA) is 26.0 Å². The second-order valence-electron chi connectivity index (χ2n) is 5.60. The molecule has 0 amide bonds. The van der Waals surface area contributed by atoms with Crippen LogP contribution in [0.4, 0.5) is 4.39 Å². The smallest absolute Gasteiger partial charge is 0.127 e. The van der Waals surface area contributed by atoms with E-state index in [4.69, 9.17) is 17.3 Å². The lowest BCUT2D eigenvalue weighted by molar-refractivity contribution is 0.402. The molecule has 2 rings (SSSR count). The monoisotopic (exact) mass is 291 g/mol. The Hall–Kier alpha value is -1.38. The molecule has 3 heteroatoms. The first kappa shape index (κ1) is 15.0. The number of benzene rings is 2. The molecule has 0 aliphatic carbocycles. The summed E-state index contributed by atoms with van der Waals surface area (Å²) < 4.78 is 13.9. The number of nitrogens with two attached hydrogens (primary N) is 1. The minimum atomic E-state index is -0.295. The van der Waals surface area contributed by atoms with Gasteiger partial charge in [-0.2, -0.15) is 0 Å². The van der Waals surface area contributed by atoms with Gasteiger partial charge < -0.3 is 5.73 Å². The summed E-state index contributed by atoms with van der Waals surface area (Å²) >= 11 is 6.07. The molecule has 0 fully saturated rings. The van der Waals surface area contributed by atoms with Gasteiger partial charge in [-0.05, 0) is 24.1 Å². The quantitative estimate of drug-likeness (QED) is 0.891. The zero-order chi connectivity index (χ0) is 14.8. The third-order valence-electron chi connectivity index (χ3n) is 3.93. The van der Waals surface area contributed by atoms with Crippen LogP contribution in [0.3, 0.4) is 0 Å². The Morgan fingerprint density at radius 2 is 1.75 bits per heavy atom. The summed E-state index contributed by atoms with van der Waals surface area (Å²) in [7, 11) is 0. The number of hydrogen-bond donors (Lipinski definition) is 1. The van der Waals surface area contributed by atoms with Gasteiger partial charge in [0.15, 0.2) is 0 Å². The van der Waals surface area contributed by atoms with Gasteiger partial charge in [0, 0.05) is 22.0 Å². The van der Waals surface area contributed by atoms with Crippen LogP contribution in [0.5, 0.6) is 0 Å². The molecule has 1 nitrogen and oxygen atoms in total. The predicted molar refractivity (Wildman–Crippen MR) is 82.6 cm³/mol. The third kappa shape index (κ3) is 3.02. The minimum Gasteiger partial charge on any atom is -0.327 e. The van der Waals surface area contributed by atoms with E-state index in [1.54, 1.807) is 12.1 Å². The SMILES string of the molecule is CC(C)(c1ccccc1)C(N)Cc1c(F)cccc1Cl. The van der Waals surface area contributed by atoms with Gasteiger partial charge in [0.25, 0.3) is 0 Å². The Kier molecular flexibility index (Phi) is 4.46. The zero-order valence-electron chi connectivity index (χ0n) is 11.7. The van der Waals surface area contributed by atoms with Gasteiger partial charge in [-0.3, -0.25) is 0 Å². The second-order valence-corrected chi connectivity index (χ2v) is 6.01. The zero-order valence-corrected chi connectivity index (χ0v) is 12.5. The van der Waals surface area contributed by atoms with Gasteiger partial charge >= 0.3 is 0 Å². The van der Waals surface area contributed by atoms with Crippen LogP contribution in [-0.4, -0.2) is 6.04 Å². The van der Waals surface area contributed by atoms with Gasteiger partial charge in [-0.25, -0.2) is 4.39 Å². The largest absolute Gasteiger partial charge is 0.327 e. The lowest BCUT2D eigenvalue weighted by Gasteiger charge is -2.32. The van der Waals surface area contributed by atoms with E-state index in [0.29, 0.717) is 17.0 Å². The molecule has 2 aromatic rings. The molecule has 2 N–H and O–H groups in total. The first-order valence-corrected chi connectivity index (χ1v) is 7.04. The van der Waals surface area contributed by atoms with Crippen molar-refractivity contribution in [2.75, 3.05) is 0 Å². The van der Waals surface area contributed by atoms with Gasteiger partial charge in [-0.15, -0.1) is 0 Å². The molecule has 0 radical (unpaired) electrons. The molecule has 0 bridgehead atoms. The maximum atomic E-state index is 13.9. The van der Waals surface area contributed by atoms with Crippen molar-refractivity contribution in [3.8, 4) is 0 Å². The van der Waals surface area contributed by atoms with E-state index in [2.05, 4.69) is 13.8 Å². The van der Waals surface area contributed by atoms with E-state index >= 15 is 0 Å². The van der Waals surface area contributed by atoms with Crippen molar-refractivity contribution in [2.45, 2.75) is 31.7 Å². The van der Waals surface area contributed by atoms with E-state index in [-0.39, 0.29) is 17.3 Å². The van der Waals surface area contributed by atoms with Crippen LogP contribution in [0, 0.1) is 5.82 Å². The van der Waals surface area contributed by atoms with Crippen molar-refractivity contribution in [2.24, 2.45) is 5.73 Å². The van der Waals surface area contributed by atoms with Crippen LogP contribution < -0.4 is 5.73 Å². The molecule has 0 aliphatic rings. The number of hydrogen-bond acceptors (Lipinski definition) is 1. The summed E-state index contributed by atoms with van der Waals surface area (Å²) in [6.07, 6.45) is 0.410. The van der Waals surface area contributed by atoms with Crippen LogP contribution in [0.25, 0.3) is 0 Å². The van der Waals surface area contributed by atoms with Crippen molar-refractivity contribution in [1.29, 1.82) is 0 Å². The molecule has 2 aromatic carbocycles. The molecular weight excluding hydrogens is 273 g/mol. The standard InChI is InChI=1S/C17H19ClFN/c1-17(2,12-7-4-3-5-8-12)16(20)11-13-14(18)9-6-10-15(13)19/h3-10,16H,11,20H2,1-2H3. The number of halogens is 2. The summed E-state index contributed by atoms with van der Waals surface area (Å²) in [6, 6.07) is 14.5. The molecule has 0 spiro atoms. The summed E-state index contributed by atoms with van der Waals surface area (Å²) in [5, 5.41) is 0.435. The molecular formula is C17H19ClFN. The van der Waals surface area contributed by atoms with Gasteiger partial charge in [0.1, 0.15) is 5.82 Å². The van der Waals surface area contributed by atoms with Gasteiger partial charge in [0.2, 0.25) is 0 Å². The van der Waals surface area contributed by atoms with Crippen LogP contribution in [0.15, 0.2) is 48.5 Å². The normalized spacial score (nSPS) is 13.2. The predicted octanol–water partition coefficient (Wildman–Crippen LogP) is 4.33. The molecule has 0 heterocycles. The molecule has 0 aromatic heterocycles. The Balaban J connectivity index is 2.26. The van der Waals surface area contributed by atoms with E-state index in [0.717, 1.165) is 5.56 Å². The maximum Gasteiger partial charge on any atom is 0.127 e. The Labute approximate surface area is 124 Å². The van der Waals surface area contributed by atoms with E-state index in [9.17, 15) is 4.39 Å². The van der Waals surface area contributed by atoms with Crippen LogP contribution >= 0.6 is 11.6 Å². The Morgan fingerprint density at radius 3 is 2.35 bits per heavy atom. The highest BCUT2D eigenvalue weighted by atomic mass is 35.5. The summed E-state index contributed by atoms with van der Waals surface area (Å²) in [4.78, 5) is 0. The van der Waals surface area contributed by atoms with Crippen molar-refractivity contribution in [1.82, 2.24) is 0 Å². The van der Waals surface area contributed by atoms with Crippen LogP contribution in [0.1, 0.15) is 25.0 Å². The molecule has 0 saturated carbocycles. The minimum absolute atomic E-state index is 0.223. The van der Waals surface area contributed by atoms with Crippen molar-refractivity contribution in [3.63, 3.8) is 0 Å². The Morgan fingerprint density at radius 1 is 1.10 bits per heavy atom. The lowest BCUT2D eigenvalue weighted by atomic mass is 9.76. The van der Waals surface area contributed by atoms with Crippen molar-refractivity contribution in [3.05, 3.63) is 70.5 Å². The summed E-state index contributed by atoms with van der Waals surface area (Å²) in [5.74, 6) is -0.295. The highest BCUT2D eigenvalue weighted by molar-refractivity contribution is 6.31. The highest BCUT2D eigenvalue weighted by Gasteiger charge is 2.29. The average molecular weight is 292 g/mol.